The summed E-state index contributed by atoms with van der Waals surface area (Å²) in [4.78, 5) is 22.1. The lowest BCUT2D eigenvalue weighted by Crippen LogP contribution is -2.24. The van der Waals surface area contributed by atoms with Crippen molar-refractivity contribution < 1.29 is 9.85 Å². The van der Waals surface area contributed by atoms with E-state index in [0.717, 1.165) is 5.30 Å². The van der Waals surface area contributed by atoms with Gasteiger partial charge >= 0.3 is 0 Å². The quantitative estimate of drug-likeness (QED) is 0.401. The van der Waals surface area contributed by atoms with Crippen molar-refractivity contribution in [2.45, 2.75) is 0 Å². The Morgan fingerprint density at radius 3 is 1.44 bits per heavy atom. The molecule has 0 atom stereocenters. The Kier molecular flexibility index (Phi) is 4.82. The van der Waals surface area contributed by atoms with Crippen LogP contribution in [0.2, 0.25) is 0 Å². The number of nitrogens with zero attached hydrogens (tertiary/aromatic N) is 2. The average molecular weight is 352 g/mol. The molecule has 0 bridgehead atoms. The fourth-order valence-electron chi connectivity index (χ4n) is 2.60. The molecule has 0 aliphatic rings. The van der Waals surface area contributed by atoms with Crippen LogP contribution in [0.15, 0.2) is 78.9 Å². The van der Waals surface area contributed by atoms with E-state index < -0.39 is 17.8 Å². The lowest BCUT2D eigenvalue weighted by molar-refractivity contribution is -0.383. The van der Waals surface area contributed by atoms with Crippen LogP contribution in [0, 0.1) is 20.2 Å². The molecule has 0 saturated carbocycles. The second-order valence-electron chi connectivity index (χ2n) is 5.16. The van der Waals surface area contributed by atoms with Crippen molar-refractivity contribution in [2.24, 2.45) is 0 Å². The number of rotatable bonds is 5. The molecule has 124 valence electrons. The third-order valence-corrected chi connectivity index (χ3v) is 6.19. The van der Waals surface area contributed by atoms with Crippen molar-refractivity contribution in [3.63, 3.8) is 0 Å². The van der Waals surface area contributed by atoms with Gasteiger partial charge in [-0.1, -0.05) is 54.6 Å². The minimum atomic E-state index is -1.44. The summed E-state index contributed by atoms with van der Waals surface area (Å²) in [7, 11) is -1.44. The zero-order valence-electron chi connectivity index (χ0n) is 13.0. The maximum Gasteiger partial charge on any atom is 0.277 e. The summed E-state index contributed by atoms with van der Waals surface area (Å²) in [6.45, 7) is 0. The monoisotopic (exact) mass is 352 g/mol. The molecule has 0 spiro atoms. The topological polar surface area (TPSA) is 86.3 Å². The molecule has 6 nitrogen and oxygen atoms in total. The van der Waals surface area contributed by atoms with Gasteiger partial charge in [0.15, 0.2) is 0 Å². The van der Waals surface area contributed by atoms with Crippen LogP contribution in [0.5, 0.6) is 0 Å². The van der Waals surface area contributed by atoms with E-state index >= 15 is 0 Å². The van der Waals surface area contributed by atoms with E-state index in [9.17, 15) is 20.2 Å². The van der Waals surface area contributed by atoms with Crippen molar-refractivity contribution in [3.05, 3.63) is 99.1 Å². The van der Waals surface area contributed by atoms with Crippen LogP contribution in [0.3, 0.4) is 0 Å². The zero-order chi connectivity index (χ0) is 17.8. The second-order valence-corrected chi connectivity index (χ2v) is 7.31. The molecule has 3 rings (SSSR count). The first-order valence-electron chi connectivity index (χ1n) is 7.41. The number of hydrogen-bond donors (Lipinski definition) is 0. The van der Waals surface area contributed by atoms with Crippen LogP contribution in [0.25, 0.3) is 0 Å². The van der Waals surface area contributed by atoms with E-state index in [-0.39, 0.29) is 11.4 Å². The molecule has 0 saturated heterocycles. The molecule has 0 amide bonds. The number of para-hydroxylation sites is 2. The van der Waals surface area contributed by atoms with E-state index in [1.165, 1.54) is 12.1 Å². The van der Waals surface area contributed by atoms with Gasteiger partial charge in [0.05, 0.1) is 20.5 Å². The van der Waals surface area contributed by atoms with E-state index in [0.29, 0.717) is 10.6 Å². The number of nitro benzene ring substituents is 2. The first kappa shape index (κ1) is 16.7. The lowest BCUT2D eigenvalue weighted by Gasteiger charge is -2.18. The highest BCUT2D eigenvalue weighted by Gasteiger charge is 2.29. The smallest absolute Gasteiger partial charge is 0.258 e. The maximum absolute atomic E-state index is 11.5. The van der Waals surface area contributed by atoms with Gasteiger partial charge < -0.3 is 0 Å². The summed E-state index contributed by atoms with van der Waals surface area (Å²) >= 11 is 0. The second kappa shape index (κ2) is 7.20. The third-order valence-electron chi connectivity index (χ3n) is 3.65. The fraction of sp³-hybridized carbons (Fsp3) is 0. The normalized spacial score (nSPS) is 10.6. The van der Waals surface area contributed by atoms with Gasteiger partial charge in [0.25, 0.3) is 11.4 Å². The SMILES string of the molecule is O=[N+]([O-])c1ccccc1P(c1ccccc1)c1ccccc1[N+](=O)[O-]. The van der Waals surface area contributed by atoms with Crippen molar-refractivity contribution >= 4 is 35.2 Å². The van der Waals surface area contributed by atoms with Crippen LogP contribution < -0.4 is 15.9 Å². The van der Waals surface area contributed by atoms with Crippen LogP contribution in [0.4, 0.5) is 11.4 Å². The standard InChI is InChI=1S/C18H13N2O4P/c21-19(22)15-10-4-6-12-17(15)25(14-8-2-1-3-9-14)18-13-7-5-11-16(18)20(23)24/h1-13H. The number of benzene rings is 3. The van der Waals surface area contributed by atoms with Gasteiger partial charge in [-0.15, -0.1) is 0 Å². The van der Waals surface area contributed by atoms with E-state index in [4.69, 9.17) is 0 Å². The van der Waals surface area contributed by atoms with Crippen molar-refractivity contribution in [3.8, 4) is 0 Å². The molecule has 0 unspecified atom stereocenters. The van der Waals surface area contributed by atoms with Gasteiger partial charge in [0, 0.05) is 20.1 Å². The van der Waals surface area contributed by atoms with Crippen LogP contribution in [-0.4, -0.2) is 9.85 Å². The van der Waals surface area contributed by atoms with Crippen molar-refractivity contribution in [1.29, 1.82) is 0 Å². The maximum atomic E-state index is 11.5. The van der Waals surface area contributed by atoms with Crippen LogP contribution in [0.1, 0.15) is 0 Å². The Hall–Kier alpha value is -3.11. The van der Waals surface area contributed by atoms with Crippen molar-refractivity contribution in [1.82, 2.24) is 0 Å². The van der Waals surface area contributed by atoms with Gasteiger partial charge in [-0.3, -0.25) is 20.2 Å². The molecule has 3 aromatic rings. The molecule has 7 heteroatoms. The van der Waals surface area contributed by atoms with Gasteiger partial charge in [-0.2, -0.15) is 0 Å². The molecular formula is C18H13N2O4P. The summed E-state index contributed by atoms with van der Waals surface area (Å²) in [6.07, 6.45) is 0. The molecule has 0 aromatic heterocycles. The predicted molar refractivity (Wildman–Crippen MR) is 98.5 cm³/mol. The highest BCUT2D eigenvalue weighted by Crippen LogP contribution is 2.39. The zero-order valence-corrected chi connectivity index (χ0v) is 13.9. The summed E-state index contributed by atoms with van der Waals surface area (Å²) in [5.41, 5.74) is -0.0637. The molecule has 0 heterocycles. The van der Waals surface area contributed by atoms with Crippen molar-refractivity contribution in [2.75, 3.05) is 0 Å². The first-order valence-corrected chi connectivity index (χ1v) is 8.76. The highest BCUT2D eigenvalue weighted by molar-refractivity contribution is 7.80. The predicted octanol–water partition coefficient (Wildman–Crippen LogP) is 3.26. The Morgan fingerprint density at radius 1 is 0.600 bits per heavy atom. The lowest BCUT2D eigenvalue weighted by atomic mass is 10.3. The first-order chi connectivity index (χ1) is 12.1. The van der Waals surface area contributed by atoms with E-state index in [1.807, 2.05) is 30.3 Å². The van der Waals surface area contributed by atoms with E-state index in [2.05, 4.69) is 0 Å². The Balaban J connectivity index is 2.30. The molecule has 0 N–H and O–H groups in total. The molecule has 0 aliphatic heterocycles. The summed E-state index contributed by atoms with van der Waals surface area (Å²) in [5.74, 6) is 0. The minimum Gasteiger partial charge on any atom is -0.258 e. The average Bonchev–Trinajstić information content (AvgIpc) is 2.63. The summed E-state index contributed by atoms with van der Waals surface area (Å²) < 4.78 is 0. The summed E-state index contributed by atoms with van der Waals surface area (Å²) in [5, 5.41) is 24.8. The Morgan fingerprint density at radius 2 is 1.00 bits per heavy atom. The van der Waals surface area contributed by atoms with Gasteiger partial charge in [-0.25, -0.2) is 0 Å². The van der Waals surface area contributed by atoms with Gasteiger partial charge in [0.2, 0.25) is 0 Å². The van der Waals surface area contributed by atoms with E-state index in [1.54, 1.807) is 36.4 Å². The molecular weight excluding hydrogens is 339 g/mol. The Labute approximate surface area is 144 Å². The van der Waals surface area contributed by atoms with Crippen LogP contribution >= 0.6 is 7.92 Å². The minimum absolute atomic E-state index is 0.0318. The molecule has 0 radical (unpaired) electrons. The molecule has 0 fully saturated rings. The third kappa shape index (κ3) is 3.39. The molecule has 25 heavy (non-hydrogen) atoms. The molecule has 0 aliphatic carbocycles. The summed E-state index contributed by atoms with van der Waals surface area (Å²) in [6, 6.07) is 22.0. The highest BCUT2D eigenvalue weighted by atomic mass is 31.1. The van der Waals surface area contributed by atoms with Gasteiger partial charge in [0.1, 0.15) is 0 Å². The van der Waals surface area contributed by atoms with Crippen LogP contribution in [-0.2, 0) is 0 Å². The largest absolute Gasteiger partial charge is 0.277 e. The number of nitro groups is 2. The fourth-order valence-corrected chi connectivity index (χ4v) is 5.13. The van der Waals surface area contributed by atoms with Gasteiger partial charge in [-0.05, 0) is 17.4 Å². The molecule has 3 aromatic carbocycles. The number of hydrogen-bond acceptors (Lipinski definition) is 4. The Bertz CT molecular complexity index is 874.